The van der Waals surface area contributed by atoms with E-state index in [1.807, 2.05) is 0 Å². The molecule has 56 heavy (non-hydrogen) atoms. The van der Waals surface area contributed by atoms with Crippen molar-refractivity contribution in [1.29, 1.82) is 0 Å². The molecule has 7 aromatic rings. The van der Waals surface area contributed by atoms with E-state index in [1.165, 1.54) is 61.1 Å². The molecule has 0 N–H and O–H groups in total. The zero-order valence-electron chi connectivity index (χ0n) is 33.0. The SMILES string of the molecule is CC1(C)CC(C)(C)c2cc3c(cc21)Oc1cccc2c1B3c1cc3c(cc1N2c1ccccc1)-c1ccc(N(c2ccccc2)c2ccccc2)cc1C3(C)C. The van der Waals surface area contributed by atoms with Crippen LogP contribution in [-0.4, -0.2) is 6.71 Å². The second-order valence-corrected chi connectivity index (χ2v) is 18.1. The Labute approximate surface area is 331 Å². The number of ether oxygens (including phenoxy) is 1. The number of rotatable bonds is 4. The third kappa shape index (κ3) is 4.65. The summed E-state index contributed by atoms with van der Waals surface area (Å²) < 4.78 is 6.97. The standard InChI is InChI=1S/C52H45BN2O/c1-50(2)32-51(3,4)42-31-48-44(30-41(42)50)53-43-29-40-38(28-46(43)55(35-21-14-9-15-22-35)45-23-16-24-47(56-48)49(45)53)37-26-25-36(27-39(37)52(40,5)6)54(33-17-10-7-11-18-33)34-19-12-8-13-20-34/h7-31H,32H2,1-6H3. The minimum absolute atomic E-state index is 0.0387. The van der Waals surface area contributed by atoms with Gasteiger partial charge in [0.15, 0.2) is 0 Å². The lowest BCUT2D eigenvalue weighted by Crippen LogP contribution is -2.60. The van der Waals surface area contributed by atoms with E-state index in [4.69, 9.17) is 4.74 Å². The van der Waals surface area contributed by atoms with Gasteiger partial charge in [0.25, 0.3) is 6.71 Å². The molecule has 2 aliphatic heterocycles. The molecular weight excluding hydrogens is 679 g/mol. The molecule has 4 heteroatoms. The summed E-state index contributed by atoms with van der Waals surface area (Å²) in [4.78, 5) is 4.85. The molecule has 7 aromatic carbocycles. The Morgan fingerprint density at radius 1 is 0.500 bits per heavy atom. The third-order valence-corrected chi connectivity index (χ3v) is 13.3. The quantitative estimate of drug-likeness (QED) is 0.168. The summed E-state index contributed by atoms with van der Waals surface area (Å²) >= 11 is 0. The molecule has 272 valence electrons. The van der Waals surface area contributed by atoms with Gasteiger partial charge >= 0.3 is 0 Å². The number of para-hydroxylation sites is 3. The molecule has 11 rings (SSSR count). The van der Waals surface area contributed by atoms with Crippen LogP contribution in [0.25, 0.3) is 11.1 Å². The van der Waals surface area contributed by atoms with Gasteiger partial charge in [-0.2, -0.15) is 0 Å². The number of benzene rings is 7. The summed E-state index contributed by atoms with van der Waals surface area (Å²) in [5.41, 5.74) is 19.0. The Hall–Kier alpha value is -6.00. The zero-order chi connectivity index (χ0) is 38.1. The molecule has 0 amide bonds. The maximum atomic E-state index is 6.97. The molecule has 0 fully saturated rings. The highest BCUT2D eigenvalue weighted by molar-refractivity contribution is 6.99. The van der Waals surface area contributed by atoms with Gasteiger partial charge in [0.05, 0.1) is 0 Å². The summed E-state index contributed by atoms with van der Waals surface area (Å²) in [5.74, 6) is 1.95. The summed E-state index contributed by atoms with van der Waals surface area (Å²) in [6.07, 6.45) is 1.12. The number of hydrogen-bond donors (Lipinski definition) is 0. The van der Waals surface area contributed by atoms with Crippen LogP contribution in [0.5, 0.6) is 11.5 Å². The van der Waals surface area contributed by atoms with Crippen molar-refractivity contribution < 1.29 is 4.74 Å². The largest absolute Gasteiger partial charge is 0.458 e. The first-order valence-electron chi connectivity index (χ1n) is 20.1. The highest BCUT2D eigenvalue weighted by Gasteiger charge is 2.48. The minimum Gasteiger partial charge on any atom is -0.458 e. The molecular formula is C52H45BN2O. The normalized spacial score (nSPS) is 16.8. The van der Waals surface area contributed by atoms with Crippen molar-refractivity contribution in [3.63, 3.8) is 0 Å². The van der Waals surface area contributed by atoms with Crippen molar-refractivity contribution in [3.05, 3.63) is 174 Å². The van der Waals surface area contributed by atoms with Crippen molar-refractivity contribution in [2.45, 2.75) is 64.2 Å². The van der Waals surface area contributed by atoms with Gasteiger partial charge in [-0.15, -0.1) is 0 Å². The fourth-order valence-corrected chi connectivity index (χ4v) is 11.0. The number of hydrogen-bond acceptors (Lipinski definition) is 3. The van der Waals surface area contributed by atoms with Crippen molar-refractivity contribution in [3.8, 4) is 22.6 Å². The Balaban J connectivity index is 1.14. The topological polar surface area (TPSA) is 15.7 Å². The third-order valence-electron chi connectivity index (χ3n) is 13.3. The fraction of sp³-hybridized carbons (Fsp3) is 0.192. The average molecular weight is 725 g/mol. The van der Waals surface area contributed by atoms with E-state index in [9.17, 15) is 0 Å². The molecule has 0 unspecified atom stereocenters. The van der Waals surface area contributed by atoms with Crippen LogP contribution in [0.2, 0.25) is 0 Å². The number of anilines is 6. The van der Waals surface area contributed by atoms with E-state index < -0.39 is 0 Å². The summed E-state index contributed by atoms with van der Waals surface area (Å²) in [6, 6.07) is 56.0. The van der Waals surface area contributed by atoms with Gasteiger partial charge in [-0.1, -0.05) is 120 Å². The summed E-state index contributed by atoms with van der Waals surface area (Å²) in [7, 11) is 0. The monoisotopic (exact) mass is 724 g/mol. The number of nitrogens with zero attached hydrogens (tertiary/aromatic N) is 2. The molecule has 0 spiro atoms. The van der Waals surface area contributed by atoms with Crippen molar-refractivity contribution in [2.75, 3.05) is 9.80 Å². The highest BCUT2D eigenvalue weighted by atomic mass is 16.5. The summed E-state index contributed by atoms with van der Waals surface area (Å²) in [5, 5.41) is 0. The predicted molar refractivity (Wildman–Crippen MR) is 235 cm³/mol. The van der Waals surface area contributed by atoms with Gasteiger partial charge < -0.3 is 14.5 Å². The van der Waals surface area contributed by atoms with Crippen molar-refractivity contribution in [2.24, 2.45) is 0 Å². The molecule has 0 bridgehead atoms. The van der Waals surface area contributed by atoms with Gasteiger partial charge in [-0.3, -0.25) is 0 Å². The Bertz CT molecular complexity index is 2700. The van der Waals surface area contributed by atoms with Crippen LogP contribution < -0.4 is 30.9 Å². The van der Waals surface area contributed by atoms with Crippen LogP contribution in [0.1, 0.15) is 70.2 Å². The van der Waals surface area contributed by atoms with Gasteiger partial charge in [0, 0.05) is 39.5 Å². The maximum absolute atomic E-state index is 6.97. The Kier molecular flexibility index (Phi) is 6.86. The molecule has 4 aliphatic rings. The second kappa shape index (κ2) is 11.5. The van der Waals surface area contributed by atoms with Crippen LogP contribution in [-0.2, 0) is 16.2 Å². The number of fused-ring (bicyclic) bond motifs is 8. The van der Waals surface area contributed by atoms with E-state index >= 15 is 0 Å². The van der Waals surface area contributed by atoms with E-state index in [1.54, 1.807) is 0 Å². The van der Waals surface area contributed by atoms with E-state index in [0.717, 1.165) is 40.7 Å². The molecule has 0 radical (unpaired) electrons. The van der Waals surface area contributed by atoms with Gasteiger partial charge in [0.1, 0.15) is 11.5 Å². The lowest BCUT2D eigenvalue weighted by atomic mass is 9.33. The van der Waals surface area contributed by atoms with Gasteiger partial charge in [-0.25, -0.2) is 0 Å². The molecule has 0 saturated heterocycles. The maximum Gasteiger partial charge on any atom is 0.256 e. The first-order chi connectivity index (χ1) is 27.0. The van der Waals surface area contributed by atoms with Gasteiger partial charge in [0.2, 0.25) is 0 Å². The smallest absolute Gasteiger partial charge is 0.256 e. The molecule has 0 atom stereocenters. The molecule has 0 saturated carbocycles. The van der Waals surface area contributed by atoms with Crippen LogP contribution in [0, 0.1) is 0 Å². The van der Waals surface area contributed by atoms with E-state index in [2.05, 4.69) is 203 Å². The van der Waals surface area contributed by atoms with Crippen molar-refractivity contribution in [1.82, 2.24) is 0 Å². The van der Waals surface area contributed by atoms with E-state index in [0.29, 0.717) is 0 Å². The Morgan fingerprint density at radius 3 is 1.79 bits per heavy atom. The van der Waals surface area contributed by atoms with Crippen LogP contribution in [0.15, 0.2) is 152 Å². The lowest BCUT2D eigenvalue weighted by molar-refractivity contribution is 0.402. The molecule has 3 nitrogen and oxygen atoms in total. The fourth-order valence-electron chi connectivity index (χ4n) is 11.0. The highest BCUT2D eigenvalue weighted by Crippen LogP contribution is 2.54. The van der Waals surface area contributed by atoms with Crippen LogP contribution >= 0.6 is 0 Å². The molecule has 2 aliphatic carbocycles. The minimum atomic E-state index is -0.232. The first kappa shape index (κ1) is 33.4. The second-order valence-electron chi connectivity index (χ2n) is 18.1. The predicted octanol–water partition coefficient (Wildman–Crippen LogP) is 11.8. The first-order valence-corrected chi connectivity index (χ1v) is 20.1. The summed E-state index contributed by atoms with van der Waals surface area (Å²) in [6.45, 7) is 14.5. The Morgan fingerprint density at radius 2 is 1.11 bits per heavy atom. The lowest BCUT2D eigenvalue weighted by Gasteiger charge is -2.41. The molecule has 0 aromatic heterocycles. The van der Waals surface area contributed by atoms with Crippen molar-refractivity contribution >= 4 is 57.2 Å². The van der Waals surface area contributed by atoms with Gasteiger partial charge in [-0.05, 0) is 140 Å². The zero-order valence-corrected chi connectivity index (χ0v) is 33.0. The van der Waals surface area contributed by atoms with Crippen LogP contribution in [0.3, 0.4) is 0 Å². The van der Waals surface area contributed by atoms with Crippen LogP contribution in [0.4, 0.5) is 34.1 Å². The average Bonchev–Trinajstić information content (AvgIpc) is 3.53. The molecule has 2 heterocycles. The van der Waals surface area contributed by atoms with E-state index in [-0.39, 0.29) is 23.0 Å².